The minimum atomic E-state index is -0.0170. The van der Waals surface area contributed by atoms with Crippen molar-refractivity contribution >= 4 is 17.5 Å². The van der Waals surface area contributed by atoms with E-state index in [1.807, 2.05) is 48.5 Å². The average molecular weight is 460 g/mol. The number of benzene rings is 2. The van der Waals surface area contributed by atoms with Crippen LogP contribution in [0.4, 0.5) is 0 Å². The van der Waals surface area contributed by atoms with Gasteiger partial charge in [0.15, 0.2) is 0 Å². The smallest absolute Gasteiger partial charge is 0.234 e. The number of piperazine rings is 1. The third kappa shape index (κ3) is 7.12. The Hall–Kier alpha value is -2.28. The van der Waals surface area contributed by atoms with Crippen LogP contribution in [0.15, 0.2) is 48.5 Å². The Morgan fingerprint density at radius 3 is 2.31 bits per heavy atom. The first kappa shape index (κ1) is 24.4. The van der Waals surface area contributed by atoms with Gasteiger partial charge in [0.1, 0.15) is 18.1 Å². The standard InChI is InChI=1S/C25H34ClN3O3/c1-19(2)25(20-8-10-21(31-3)11-9-20)27-24(30)18-29-14-12-28(13-15-29)16-17-32-23-7-5-4-6-22(23)26/h4-11,19,25H,12-18H2,1-3H3,(H,27,30). The van der Waals surface area contributed by atoms with Gasteiger partial charge in [-0.3, -0.25) is 14.6 Å². The van der Waals surface area contributed by atoms with Crippen molar-refractivity contribution in [3.05, 3.63) is 59.1 Å². The second-order valence-electron chi connectivity index (χ2n) is 8.46. The Morgan fingerprint density at radius 2 is 1.69 bits per heavy atom. The fraction of sp³-hybridized carbons (Fsp3) is 0.480. The molecule has 1 fully saturated rings. The van der Waals surface area contributed by atoms with Gasteiger partial charge in [0.2, 0.25) is 5.91 Å². The molecule has 0 aromatic heterocycles. The van der Waals surface area contributed by atoms with Gasteiger partial charge in [-0.25, -0.2) is 0 Å². The monoisotopic (exact) mass is 459 g/mol. The number of amides is 1. The Kier molecular flexibility index (Phi) is 9.21. The quantitative estimate of drug-likeness (QED) is 0.584. The van der Waals surface area contributed by atoms with Gasteiger partial charge in [-0.05, 0) is 35.7 Å². The molecule has 0 aliphatic carbocycles. The maximum atomic E-state index is 12.7. The van der Waals surface area contributed by atoms with Gasteiger partial charge in [0, 0.05) is 32.7 Å². The summed E-state index contributed by atoms with van der Waals surface area (Å²) in [6, 6.07) is 15.4. The SMILES string of the molecule is COc1ccc(C(NC(=O)CN2CCN(CCOc3ccccc3Cl)CC2)C(C)C)cc1. The number of methoxy groups -OCH3 is 1. The lowest BCUT2D eigenvalue weighted by Crippen LogP contribution is -2.50. The molecule has 1 aliphatic rings. The van der Waals surface area contributed by atoms with Gasteiger partial charge in [-0.2, -0.15) is 0 Å². The van der Waals surface area contributed by atoms with E-state index in [0.29, 0.717) is 24.1 Å². The predicted octanol–water partition coefficient (Wildman–Crippen LogP) is 3.86. The zero-order valence-corrected chi connectivity index (χ0v) is 20.0. The second kappa shape index (κ2) is 12.1. The number of rotatable bonds is 10. The molecule has 1 saturated heterocycles. The molecule has 32 heavy (non-hydrogen) atoms. The summed E-state index contributed by atoms with van der Waals surface area (Å²) in [4.78, 5) is 17.3. The van der Waals surface area contributed by atoms with E-state index in [0.717, 1.165) is 49.8 Å². The molecule has 0 bridgehead atoms. The number of carbonyl (C=O) groups is 1. The van der Waals surface area contributed by atoms with E-state index >= 15 is 0 Å². The number of ether oxygens (including phenoxy) is 2. The van der Waals surface area contributed by atoms with Gasteiger partial charge in [-0.1, -0.05) is 49.7 Å². The van der Waals surface area contributed by atoms with Crippen molar-refractivity contribution in [1.82, 2.24) is 15.1 Å². The van der Waals surface area contributed by atoms with Gasteiger partial charge in [-0.15, -0.1) is 0 Å². The topological polar surface area (TPSA) is 54.0 Å². The maximum absolute atomic E-state index is 12.7. The molecule has 3 rings (SSSR count). The molecule has 1 atom stereocenters. The Labute approximate surface area is 196 Å². The molecule has 1 heterocycles. The normalized spacial score (nSPS) is 16.0. The number of nitrogens with zero attached hydrogens (tertiary/aromatic N) is 2. The summed E-state index contributed by atoms with van der Waals surface area (Å²) in [5, 5.41) is 3.86. The zero-order chi connectivity index (χ0) is 22.9. The van der Waals surface area contributed by atoms with Crippen molar-refractivity contribution in [2.45, 2.75) is 19.9 Å². The third-order valence-corrected chi connectivity index (χ3v) is 6.10. The largest absolute Gasteiger partial charge is 0.497 e. The van der Waals surface area contributed by atoms with E-state index in [4.69, 9.17) is 21.1 Å². The van der Waals surface area contributed by atoms with E-state index in [2.05, 4.69) is 29.0 Å². The van der Waals surface area contributed by atoms with Crippen LogP contribution in [0, 0.1) is 5.92 Å². The van der Waals surface area contributed by atoms with Gasteiger partial charge < -0.3 is 14.8 Å². The molecule has 1 unspecified atom stereocenters. The van der Waals surface area contributed by atoms with E-state index in [-0.39, 0.29) is 11.9 Å². The molecular weight excluding hydrogens is 426 g/mol. The highest BCUT2D eigenvalue weighted by atomic mass is 35.5. The minimum Gasteiger partial charge on any atom is -0.497 e. The van der Waals surface area contributed by atoms with Crippen LogP contribution in [0.25, 0.3) is 0 Å². The molecule has 6 nitrogen and oxygen atoms in total. The second-order valence-corrected chi connectivity index (χ2v) is 8.87. The fourth-order valence-corrected chi connectivity index (χ4v) is 4.08. The Bertz CT molecular complexity index is 852. The lowest BCUT2D eigenvalue weighted by Gasteiger charge is -2.34. The number of para-hydroxylation sites is 1. The first-order chi connectivity index (χ1) is 15.5. The number of carbonyl (C=O) groups excluding carboxylic acids is 1. The summed E-state index contributed by atoms with van der Waals surface area (Å²) in [6.45, 7) is 9.69. The molecule has 7 heteroatoms. The summed E-state index contributed by atoms with van der Waals surface area (Å²) in [7, 11) is 1.66. The van der Waals surface area contributed by atoms with Crippen LogP contribution in [0.2, 0.25) is 5.02 Å². The van der Waals surface area contributed by atoms with Crippen LogP contribution < -0.4 is 14.8 Å². The molecule has 0 spiro atoms. The lowest BCUT2D eigenvalue weighted by atomic mass is 9.96. The molecular formula is C25H34ClN3O3. The highest BCUT2D eigenvalue weighted by Gasteiger charge is 2.22. The zero-order valence-electron chi connectivity index (χ0n) is 19.2. The highest BCUT2D eigenvalue weighted by molar-refractivity contribution is 6.32. The summed E-state index contributed by atoms with van der Waals surface area (Å²) in [6.07, 6.45) is 0. The molecule has 1 aliphatic heterocycles. The molecule has 0 saturated carbocycles. The molecule has 174 valence electrons. The third-order valence-electron chi connectivity index (χ3n) is 5.79. The molecule has 2 aromatic rings. The summed E-state index contributed by atoms with van der Waals surface area (Å²) in [5.74, 6) is 1.90. The van der Waals surface area contributed by atoms with Crippen molar-refractivity contribution in [3.8, 4) is 11.5 Å². The van der Waals surface area contributed by atoms with Crippen molar-refractivity contribution in [2.24, 2.45) is 5.92 Å². The average Bonchev–Trinajstić information content (AvgIpc) is 2.80. The van der Waals surface area contributed by atoms with Crippen LogP contribution in [0.1, 0.15) is 25.5 Å². The van der Waals surface area contributed by atoms with Gasteiger partial charge in [0.25, 0.3) is 0 Å². The predicted molar refractivity (Wildman–Crippen MR) is 129 cm³/mol. The van der Waals surface area contributed by atoms with E-state index in [9.17, 15) is 4.79 Å². The van der Waals surface area contributed by atoms with Crippen molar-refractivity contribution in [1.29, 1.82) is 0 Å². The van der Waals surface area contributed by atoms with Crippen molar-refractivity contribution < 1.29 is 14.3 Å². The Morgan fingerprint density at radius 1 is 1.03 bits per heavy atom. The van der Waals surface area contributed by atoms with Crippen molar-refractivity contribution in [3.63, 3.8) is 0 Å². The number of hydrogen-bond donors (Lipinski definition) is 1. The van der Waals surface area contributed by atoms with Crippen LogP contribution >= 0.6 is 11.6 Å². The fourth-order valence-electron chi connectivity index (χ4n) is 3.89. The van der Waals surface area contributed by atoms with E-state index in [1.165, 1.54) is 0 Å². The van der Waals surface area contributed by atoms with E-state index < -0.39 is 0 Å². The maximum Gasteiger partial charge on any atom is 0.234 e. The Balaban J connectivity index is 1.40. The van der Waals surface area contributed by atoms with Crippen LogP contribution in [0.3, 0.4) is 0 Å². The van der Waals surface area contributed by atoms with E-state index in [1.54, 1.807) is 7.11 Å². The number of nitrogens with one attached hydrogen (secondary N) is 1. The van der Waals surface area contributed by atoms with Crippen LogP contribution in [-0.2, 0) is 4.79 Å². The molecule has 0 radical (unpaired) electrons. The summed E-state index contributed by atoms with van der Waals surface area (Å²) < 4.78 is 11.0. The van der Waals surface area contributed by atoms with Crippen molar-refractivity contribution in [2.75, 3.05) is 53.0 Å². The first-order valence-corrected chi connectivity index (χ1v) is 11.6. The number of halogens is 1. The lowest BCUT2D eigenvalue weighted by molar-refractivity contribution is -0.123. The molecule has 1 amide bonds. The first-order valence-electron chi connectivity index (χ1n) is 11.2. The van der Waals surface area contributed by atoms with Crippen LogP contribution in [-0.4, -0.2) is 68.7 Å². The summed E-state index contributed by atoms with van der Waals surface area (Å²) in [5.41, 5.74) is 1.09. The number of hydrogen-bond acceptors (Lipinski definition) is 5. The van der Waals surface area contributed by atoms with Gasteiger partial charge in [0.05, 0.1) is 24.7 Å². The molecule has 2 aromatic carbocycles. The van der Waals surface area contributed by atoms with Crippen LogP contribution in [0.5, 0.6) is 11.5 Å². The minimum absolute atomic E-state index is 0.0170. The highest BCUT2D eigenvalue weighted by Crippen LogP contribution is 2.24. The van der Waals surface area contributed by atoms with Gasteiger partial charge >= 0.3 is 0 Å². The molecule has 1 N–H and O–H groups in total. The summed E-state index contributed by atoms with van der Waals surface area (Å²) >= 11 is 6.13.